The molecule has 2 aromatic rings. The molecule has 0 amide bonds. The summed E-state index contributed by atoms with van der Waals surface area (Å²) < 4.78 is 19.6. The average molecular weight is 285 g/mol. The molecule has 2 aromatic carbocycles. The Bertz CT molecular complexity index is 650. The highest BCUT2D eigenvalue weighted by molar-refractivity contribution is 5.70. The fourth-order valence-electron chi connectivity index (χ4n) is 2.51. The Morgan fingerprint density at radius 3 is 2.71 bits per heavy atom. The van der Waals surface area contributed by atoms with Crippen LogP contribution in [-0.2, 0) is 6.54 Å². The third-order valence-electron chi connectivity index (χ3n) is 3.90. The van der Waals surface area contributed by atoms with Crippen molar-refractivity contribution >= 4 is 0 Å². The van der Waals surface area contributed by atoms with Gasteiger partial charge >= 0.3 is 0 Å². The van der Waals surface area contributed by atoms with E-state index in [1.165, 1.54) is 20.0 Å². The molecule has 0 saturated heterocycles. The van der Waals surface area contributed by atoms with Crippen LogP contribution in [0.25, 0.3) is 11.1 Å². The normalized spacial score (nSPS) is 14.2. The van der Waals surface area contributed by atoms with Gasteiger partial charge in [0.2, 0.25) is 0 Å². The second-order valence-corrected chi connectivity index (χ2v) is 5.64. The van der Waals surface area contributed by atoms with Crippen molar-refractivity contribution in [1.82, 2.24) is 5.32 Å². The highest BCUT2D eigenvalue weighted by atomic mass is 19.1. The number of benzene rings is 2. The molecule has 0 bridgehead atoms. The van der Waals surface area contributed by atoms with E-state index >= 15 is 0 Å². The van der Waals surface area contributed by atoms with Crippen LogP contribution in [0.1, 0.15) is 24.0 Å². The van der Waals surface area contributed by atoms with E-state index in [1.807, 2.05) is 25.1 Å². The quantitative estimate of drug-likeness (QED) is 0.894. The second kappa shape index (κ2) is 5.86. The first-order valence-corrected chi connectivity index (χ1v) is 7.35. The molecule has 0 unspecified atom stereocenters. The largest absolute Gasteiger partial charge is 0.494 e. The van der Waals surface area contributed by atoms with Gasteiger partial charge in [0.1, 0.15) is 0 Å². The van der Waals surface area contributed by atoms with Crippen LogP contribution in [0.4, 0.5) is 4.39 Å². The number of halogens is 1. The molecule has 1 aliphatic rings. The van der Waals surface area contributed by atoms with E-state index in [-0.39, 0.29) is 11.6 Å². The monoisotopic (exact) mass is 285 g/mol. The first kappa shape index (κ1) is 14.1. The smallest absolute Gasteiger partial charge is 0.172 e. The highest BCUT2D eigenvalue weighted by Crippen LogP contribution is 2.32. The molecule has 0 spiro atoms. The molecule has 0 radical (unpaired) electrons. The summed E-state index contributed by atoms with van der Waals surface area (Å²) in [6.45, 7) is 2.80. The lowest BCUT2D eigenvalue weighted by atomic mass is 9.96. The maximum Gasteiger partial charge on any atom is 0.172 e. The van der Waals surface area contributed by atoms with Gasteiger partial charge in [-0.1, -0.05) is 35.9 Å². The molecule has 1 aliphatic carbocycles. The molecular formula is C18H20FNO. The number of rotatable bonds is 5. The molecule has 1 fully saturated rings. The summed E-state index contributed by atoms with van der Waals surface area (Å²) in [6.07, 6.45) is 2.49. The first-order valence-electron chi connectivity index (χ1n) is 7.35. The highest BCUT2D eigenvalue weighted by Gasteiger charge is 2.21. The molecule has 0 aliphatic heterocycles. The molecule has 2 nitrogen and oxygen atoms in total. The Morgan fingerprint density at radius 2 is 2.00 bits per heavy atom. The van der Waals surface area contributed by atoms with Gasteiger partial charge in [-0.25, -0.2) is 4.39 Å². The van der Waals surface area contributed by atoms with E-state index in [4.69, 9.17) is 4.74 Å². The van der Waals surface area contributed by atoms with Crippen molar-refractivity contribution in [2.24, 2.45) is 0 Å². The van der Waals surface area contributed by atoms with Crippen molar-refractivity contribution in [3.63, 3.8) is 0 Å². The van der Waals surface area contributed by atoms with Gasteiger partial charge in [0, 0.05) is 18.2 Å². The Hall–Kier alpha value is -1.87. The van der Waals surface area contributed by atoms with Crippen molar-refractivity contribution in [3.05, 3.63) is 53.3 Å². The zero-order chi connectivity index (χ0) is 14.8. The third kappa shape index (κ3) is 3.08. The molecule has 3 heteroatoms. The molecule has 1 saturated carbocycles. The van der Waals surface area contributed by atoms with Crippen molar-refractivity contribution in [2.45, 2.75) is 32.4 Å². The fourth-order valence-corrected chi connectivity index (χ4v) is 2.51. The predicted octanol–water partition coefficient (Wildman–Crippen LogP) is 4.06. The van der Waals surface area contributed by atoms with Crippen molar-refractivity contribution in [3.8, 4) is 16.9 Å². The molecule has 110 valence electrons. The first-order chi connectivity index (χ1) is 10.2. The van der Waals surface area contributed by atoms with Gasteiger partial charge in [-0.2, -0.15) is 0 Å². The maximum absolute atomic E-state index is 14.5. The van der Waals surface area contributed by atoms with E-state index in [0.29, 0.717) is 11.6 Å². The van der Waals surface area contributed by atoms with Gasteiger partial charge in [-0.15, -0.1) is 0 Å². The van der Waals surface area contributed by atoms with Gasteiger partial charge in [0.15, 0.2) is 11.6 Å². The summed E-state index contributed by atoms with van der Waals surface area (Å²) in [5.41, 5.74) is 3.80. The topological polar surface area (TPSA) is 21.3 Å². The third-order valence-corrected chi connectivity index (χ3v) is 3.90. The lowest BCUT2D eigenvalue weighted by molar-refractivity contribution is 0.387. The van der Waals surface area contributed by atoms with Crippen molar-refractivity contribution in [1.29, 1.82) is 0 Å². The zero-order valence-electron chi connectivity index (χ0n) is 12.4. The molecule has 0 atom stereocenters. The summed E-state index contributed by atoms with van der Waals surface area (Å²) in [5.74, 6) is -0.00613. The Balaban J connectivity index is 2.01. The Kier molecular flexibility index (Phi) is 3.93. The number of methoxy groups -OCH3 is 1. The maximum atomic E-state index is 14.5. The predicted molar refractivity (Wildman–Crippen MR) is 83.0 cm³/mol. The van der Waals surface area contributed by atoms with E-state index < -0.39 is 0 Å². The molecular weight excluding hydrogens is 265 g/mol. The average Bonchev–Trinajstić information content (AvgIpc) is 3.30. The van der Waals surface area contributed by atoms with E-state index in [0.717, 1.165) is 23.2 Å². The van der Waals surface area contributed by atoms with Crippen LogP contribution in [-0.4, -0.2) is 13.2 Å². The number of aryl methyl sites for hydroxylation is 1. The number of hydrogen-bond acceptors (Lipinski definition) is 2. The molecule has 0 aromatic heterocycles. The minimum absolute atomic E-state index is 0.287. The number of ether oxygens (including phenoxy) is 1. The molecule has 3 rings (SSSR count). The summed E-state index contributed by atoms with van der Waals surface area (Å²) >= 11 is 0. The van der Waals surface area contributed by atoms with E-state index in [1.54, 1.807) is 6.07 Å². The summed E-state index contributed by atoms with van der Waals surface area (Å²) in [4.78, 5) is 0. The fraction of sp³-hybridized carbons (Fsp3) is 0.333. The van der Waals surface area contributed by atoms with Gasteiger partial charge in [0.25, 0.3) is 0 Å². The van der Waals surface area contributed by atoms with Gasteiger partial charge in [0.05, 0.1) is 7.11 Å². The Labute approximate surface area is 125 Å². The van der Waals surface area contributed by atoms with E-state index in [2.05, 4.69) is 17.4 Å². The van der Waals surface area contributed by atoms with Crippen molar-refractivity contribution < 1.29 is 9.13 Å². The summed E-state index contributed by atoms with van der Waals surface area (Å²) in [7, 11) is 1.49. The minimum atomic E-state index is -0.293. The SMILES string of the molecule is COc1cccc(-c2cc(C)ccc2CNC2CC2)c1F. The van der Waals surface area contributed by atoms with Gasteiger partial charge in [-0.05, 0) is 37.0 Å². The molecule has 21 heavy (non-hydrogen) atoms. The van der Waals surface area contributed by atoms with Crippen LogP contribution in [0.5, 0.6) is 5.75 Å². The van der Waals surface area contributed by atoms with Crippen LogP contribution in [0.2, 0.25) is 0 Å². The van der Waals surface area contributed by atoms with Crippen LogP contribution in [0, 0.1) is 12.7 Å². The standard InChI is InChI=1S/C18H20FNO/c1-12-6-7-13(11-20-14-8-9-14)16(10-12)15-4-3-5-17(21-2)18(15)19/h3-7,10,14,20H,8-9,11H2,1-2H3. The second-order valence-electron chi connectivity index (χ2n) is 5.64. The van der Waals surface area contributed by atoms with Crippen LogP contribution in [0.3, 0.4) is 0 Å². The van der Waals surface area contributed by atoms with Gasteiger partial charge < -0.3 is 10.1 Å². The Morgan fingerprint density at radius 1 is 1.19 bits per heavy atom. The van der Waals surface area contributed by atoms with Crippen molar-refractivity contribution in [2.75, 3.05) is 7.11 Å². The molecule has 0 heterocycles. The lowest BCUT2D eigenvalue weighted by Crippen LogP contribution is -2.16. The summed E-state index contributed by atoms with van der Waals surface area (Å²) in [5, 5.41) is 3.50. The summed E-state index contributed by atoms with van der Waals surface area (Å²) in [6, 6.07) is 12.1. The van der Waals surface area contributed by atoms with E-state index in [9.17, 15) is 4.39 Å². The van der Waals surface area contributed by atoms with Gasteiger partial charge in [-0.3, -0.25) is 0 Å². The van der Waals surface area contributed by atoms with Crippen LogP contribution >= 0.6 is 0 Å². The molecule has 1 N–H and O–H groups in total. The minimum Gasteiger partial charge on any atom is -0.494 e. The number of hydrogen-bond donors (Lipinski definition) is 1. The lowest BCUT2D eigenvalue weighted by Gasteiger charge is -2.14. The zero-order valence-corrected chi connectivity index (χ0v) is 12.4. The van der Waals surface area contributed by atoms with Crippen LogP contribution in [0.15, 0.2) is 36.4 Å². The van der Waals surface area contributed by atoms with Crippen LogP contribution < -0.4 is 10.1 Å². The number of nitrogens with one attached hydrogen (secondary N) is 1.